The number of nitrogens with one attached hydrogen (secondary N) is 1. The molecule has 2 aromatic rings. The number of thiazole rings is 1. The van der Waals surface area contributed by atoms with E-state index < -0.39 is 0 Å². The Hall–Kier alpha value is -1.33. The van der Waals surface area contributed by atoms with E-state index in [9.17, 15) is 0 Å². The molecule has 0 aliphatic carbocycles. The molecule has 2 rings (SSSR count). The Morgan fingerprint density at radius 3 is 3.00 bits per heavy atom. The van der Waals surface area contributed by atoms with Crippen molar-refractivity contribution in [2.75, 3.05) is 17.7 Å². The summed E-state index contributed by atoms with van der Waals surface area (Å²) in [5.74, 6) is 0. The van der Waals surface area contributed by atoms with Gasteiger partial charge in [-0.25, -0.2) is 4.98 Å². The zero-order valence-electron chi connectivity index (χ0n) is 10.7. The molecule has 1 heterocycles. The van der Waals surface area contributed by atoms with E-state index in [1.807, 2.05) is 19.1 Å². The molecule has 0 bridgehead atoms. The van der Waals surface area contributed by atoms with Crippen molar-refractivity contribution < 1.29 is 5.11 Å². The third-order valence-corrected chi connectivity index (χ3v) is 3.80. The summed E-state index contributed by atoms with van der Waals surface area (Å²) in [6.45, 7) is 4.31. The first-order valence-corrected chi connectivity index (χ1v) is 6.96. The number of aromatic nitrogens is 1. The van der Waals surface area contributed by atoms with Gasteiger partial charge in [0.15, 0.2) is 0 Å². The van der Waals surface area contributed by atoms with E-state index in [1.54, 1.807) is 11.3 Å². The van der Waals surface area contributed by atoms with Crippen LogP contribution in [0.4, 0.5) is 11.4 Å². The largest absolute Gasteiger partial charge is 0.397 e. The molecule has 98 valence electrons. The van der Waals surface area contributed by atoms with Crippen molar-refractivity contribution in [2.45, 2.75) is 32.7 Å². The van der Waals surface area contributed by atoms with Crippen LogP contribution in [0.25, 0.3) is 10.2 Å². The van der Waals surface area contributed by atoms with Gasteiger partial charge in [-0.2, -0.15) is 0 Å². The predicted molar refractivity (Wildman–Crippen MR) is 78.2 cm³/mol. The fourth-order valence-electron chi connectivity index (χ4n) is 1.96. The summed E-state index contributed by atoms with van der Waals surface area (Å²) < 4.78 is 1.12. The number of aryl methyl sites for hydroxylation is 1. The van der Waals surface area contributed by atoms with Crippen LogP contribution in [0.15, 0.2) is 12.1 Å². The van der Waals surface area contributed by atoms with Gasteiger partial charge in [-0.05, 0) is 38.8 Å². The second kappa shape index (κ2) is 5.54. The molecular formula is C13H19N3OS. The summed E-state index contributed by atoms with van der Waals surface area (Å²) in [6, 6.07) is 4.27. The smallest absolute Gasteiger partial charge is 0.0907 e. The number of nitrogens with two attached hydrogens (primary N) is 1. The maximum absolute atomic E-state index is 8.82. The van der Waals surface area contributed by atoms with Crippen LogP contribution in [0.3, 0.4) is 0 Å². The third-order valence-electron chi connectivity index (χ3n) is 2.86. The van der Waals surface area contributed by atoms with Crippen LogP contribution in [-0.2, 0) is 0 Å². The molecule has 1 unspecified atom stereocenters. The Morgan fingerprint density at radius 1 is 1.50 bits per heavy atom. The second-order valence-electron chi connectivity index (χ2n) is 4.55. The summed E-state index contributed by atoms with van der Waals surface area (Å²) in [7, 11) is 0. The van der Waals surface area contributed by atoms with Crippen LogP contribution in [0.2, 0.25) is 0 Å². The van der Waals surface area contributed by atoms with Crippen LogP contribution in [0.5, 0.6) is 0 Å². The fraction of sp³-hybridized carbons (Fsp3) is 0.462. The summed E-state index contributed by atoms with van der Waals surface area (Å²) in [4.78, 5) is 4.47. The maximum atomic E-state index is 8.82. The number of hydrogen-bond acceptors (Lipinski definition) is 5. The lowest BCUT2D eigenvalue weighted by molar-refractivity contribution is 0.282. The maximum Gasteiger partial charge on any atom is 0.0907 e. The Kier molecular flexibility index (Phi) is 4.04. The molecule has 1 aromatic heterocycles. The summed E-state index contributed by atoms with van der Waals surface area (Å²) in [5, 5.41) is 13.2. The monoisotopic (exact) mass is 265 g/mol. The fourth-order valence-corrected chi connectivity index (χ4v) is 2.82. The number of aliphatic hydroxyl groups is 1. The Labute approximate surface area is 111 Å². The highest BCUT2D eigenvalue weighted by Crippen LogP contribution is 2.30. The molecule has 4 nitrogen and oxygen atoms in total. The topological polar surface area (TPSA) is 71.2 Å². The standard InChI is InChI=1S/C13H19N3OS/c1-8(4-3-5-17)15-11-7-12-13(6-10(11)14)18-9(2)16-12/h6-8,15,17H,3-5,14H2,1-2H3. The average molecular weight is 265 g/mol. The quantitative estimate of drug-likeness (QED) is 0.727. The van der Waals surface area contributed by atoms with Gasteiger partial charge in [0.2, 0.25) is 0 Å². The van der Waals surface area contributed by atoms with Crippen molar-refractivity contribution in [3.05, 3.63) is 17.1 Å². The van der Waals surface area contributed by atoms with Gasteiger partial charge in [0.05, 0.1) is 26.6 Å². The number of hydrogen-bond donors (Lipinski definition) is 3. The number of aliphatic hydroxyl groups excluding tert-OH is 1. The van der Waals surface area contributed by atoms with Crippen molar-refractivity contribution in [3.63, 3.8) is 0 Å². The lowest BCUT2D eigenvalue weighted by Crippen LogP contribution is -2.16. The van der Waals surface area contributed by atoms with Crippen molar-refractivity contribution in [1.82, 2.24) is 4.98 Å². The van der Waals surface area contributed by atoms with Gasteiger partial charge in [-0.3, -0.25) is 0 Å². The number of nitrogens with zero attached hydrogens (tertiary/aromatic N) is 1. The first kappa shape index (κ1) is 13.1. The molecule has 1 atom stereocenters. The summed E-state index contributed by atoms with van der Waals surface area (Å²) in [5.41, 5.74) is 8.71. The molecule has 0 spiro atoms. The number of nitrogen functional groups attached to an aromatic ring is 1. The van der Waals surface area contributed by atoms with E-state index in [0.717, 1.165) is 39.4 Å². The van der Waals surface area contributed by atoms with Crippen molar-refractivity contribution in [2.24, 2.45) is 0 Å². The van der Waals surface area contributed by atoms with Crippen molar-refractivity contribution in [1.29, 1.82) is 0 Å². The first-order chi connectivity index (χ1) is 8.60. The third kappa shape index (κ3) is 2.91. The highest BCUT2D eigenvalue weighted by molar-refractivity contribution is 7.18. The molecule has 18 heavy (non-hydrogen) atoms. The van der Waals surface area contributed by atoms with Gasteiger partial charge in [0.1, 0.15) is 0 Å². The molecular weight excluding hydrogens is 246 g/mol. The number of fused-ring (bicyclic) bond motifs is 1. The SMILES string of the molecule is Cc1nc2cc(NC(C)CCCO)c(N)cc2s1. The predicted octanol–water partition coefficient (Wildman–Crippen LogP) is 2.76. The number of benzene rings is 1. The van der Waals surface area contributed by atoms with Crippen LogP contribution >= 0.6 is 11.3 Å². The van der Waals surface area contributed by atoms with Crippen molar-refractivity contribution in [3.8, 4) is 0 Å². The molecule has 5 heteroatoms. The lowest BCUT2D eigenvalue weighted by Gasteiger charge is -2.16. The Bertz CT molecular complexity index is 538. The van der Waals surface area contributed by atoms with Crippen LogP contribution < -0.4 is 11.1 Å². The molecule has 1 aromatic carbocycles. The number of anilines is 2. The summed E-state index contributed by atoms with van der Waals surface area (Å²) >= 11 is 1.66. The van der Waals surface area contributed by atoms with E-state index in [-0.39, 0.29) is 12.6 Å². The zero-order valence-corrected chi connectivity index (χ0v) is 11.5. The molecule has 0 aliphatic rings. The number of rotatable bonds is 5. The average Bonchev–Trinajstić information content (AvgIpc) is 2.66. The molecule has 0 fully saturated rings. The highest BCUT2D eigenvalue weighted by Gasteiger charge is 2.08. The van der Waals surface area contributed by atoms with Gasteiger partial charge >= 0.3 is 0 Å². The van der Waals surface area contributed by atoms with Crippen molar-refractivity contribution >= 4 is 32.9 Å². The van der Waals surface area contributed by atoms with E-state index in [1.165, 1.54) is 0 Å². The van der Waals surface area contributed by atoms with Gasteiger partial charge in [-0.15, -0.1) is 11.3 Å². The van der Waals surface area contributed by atoms with Crippen LogP contribution in [0.1, 0.15) is 24.8 Å². The lowest BCUT2D eigenvalue weighted by atomic mass is 10.1. The van der Waals surface area contributed by atoms with E-state index in [4.69, 9.17) is 10.8 Å². The minimum atomic E-state index is 0.228. The van der Waals surface area contributed by atoms with Gasteiger partial charge < -0.3 is 16.2 Å². The molecule has 0 amide bonds. The van der Waals surface area contributed by atoms with E-state index in [2.05, 4.69) is 17.2 Å². The highest BCUT2D eigenvalue weighted by atomic mass is 32.1. The van der Waals surface area contributed by atoms with Gasteiger partial charge in [0, 0.05) is 12.6 Å². The molecule has 4 N–H and O–H groups in total. The first-order valence-electron chi connectivity index (χ1n) is 6.14. The Morgan fingerprint density at radius 2 is 2.28 bits per heavy atom. The molecule has 0 radical (unpaired) electrons. The van der Waals surface area contributed by atoms with Gasteiger partial charge in [-0.1, -0.05) is 0 Å². The normalized spacial score (nSPS) is 12.8. The zero-order chi connectivity index (χ0) is 13.1. The molecule has 0 saturated carbocycles. The molecule has 0 saturated heterocycles. The Balaban J connectivity index is 2.19. The van der Waals surface area contributed by atoms with Gasteiger partial charge in [0.25, 0.3) is 0 Å². The minimum Gasteiger partial charge on any atom is -0.397 e. The minimum absolute atomic E-state index is 0.228. The van der Waals surface area contributed by atoms with Crippen LogP contribution in [0, 0.1) is 6.92 Å². The second-order valence-corrected chi connectivity index (χ2v) is 5.79. The van der Waals surface area contributed by atoms with Crippen LogP contribution in [-0.4, -0.2) is 22.7 Å². The molecule has 0 aliphatic heterocycles. The summed E-state index contributed by atoms with van der Waals surface area (Å²) in [6.07, 6.45) is 1.72. The van der Waals surface area contributed by atoms with E-state index >= 15 is 0 Å². The van der Waals surface area contributed by atoms with E-state index in [0.29, 0.717) is 0 Å².